The highest BCUT2D eigenvalue weighted by Crippen LogP contribution is 2.10. The summed E-state index contributed by atoms with van der Waals surface area (Å²) < 4.78 is 2.06. The van der Waals surface area contributed by atoms with E-state index in [0.29, 0.717) is 0 Å². The predicted octanol–water partition coefficient (Wildman–Crippen LogP) is 1.53. The average Bonchev–Trinajstić information content (AvgIpc) is 2.87. The summed E-state index contributed by atoms with van der Waals surface area (Å²) in [5, 5.41) is 6.32. The Kier molecular flexibility index (Phi) is 4.11. The van der Waals surface area contributed by atoms with Crippen molar-refractivity contribution >= 4 is 11.6 Å². The van der Waals surface area contributed by atoms with Crippen molar-refractivity contribution in [2.75, 3.05) is 24.2 Å². The van der Waals surface area contributed by atoms with Crippen LogP contribution in [0.2, 0.25) is 0 Å². The Morgan fingerprint density at radius 3 is 2.83 bits per heavy atom. The van der Waals surface area contributed by atoms with Crippen LogP contribution in [0.3, 0.4) is 0 Å². The van der Waals surface area contributed by atoms with E-state index in [4.69, 9.17) is 0 Å². The van der Waals surface area contributed by atoms with E-state index in [1.165, 1.54) is 0 Å². The summed E-state index contributed by atoms with van der Waals surface area (Å²) in [5.41, 5.74) is 0. The third-order valence-electron chi connectivity index (χ3n) is 2.55. The normalized spacial score (nSPS) is 10.3. The van der Waals surface area contributed by atoms with Crippen LogP contribution in [-0.2, 0) is 6.54 Å². The summed E-state index contributed by atoms with van der Waals surface area (Å²) in [6, 6.07) is 1.91. The first-order chi connectivity index (χ1) is 8.78. The molecule has 0 amide bonds. The molecule has 2 heterocycles. The second-order valence-corrected chi connectivity index (χ2v) is 4.02. The van der Waals surface area contributed by atoms with Gasteiger partial charge in [0.15, 0.2) is 0 Å². The van der Waals surface area contributed by atoms with Gasteiger partial charge in [-0.05, 0) is 13.3 Å². The van der Waals surface area contributed by atoms with E-state index < -0.39 is 0 Å². The monoisotopic (exact) mass is 246 g/mol. The van der Waals surface area contributed by atoms with Gasteiger partial charge in [0.05, 0.1) is 6.33 Å². The third kappa shape index (κ3) is 3.44. The van der Waals surface area contributed by atoms with Crippen LogP contribution in [0.15, 0.2) is 24.8 Å². The van der Waals surface area contributed by atoms with E-state index in [2.05, 4.69) is 30.2 Å². The second-order valence-electron chi connectivity index (χ2n) is 4.02. The van der Waals surface area contributed by atoms with Crippen molar-refractivity contribution in [2.24, 2.45) is 0 Å². The summed E-state index contributed by atoms with van der Waals surface area (Å²) in [5.74, 6) is 2.45. The molecule has 0 unspecified atom stereocenters. The summed E-state index contributed by atoms with van der Waals surface area (Å²) in [4.78, 5) is 12.6. The maximum absolute atomic E-state index is 4.33. The fourth-order valence-electron chi connectivity index (χ4n) is 1.68. The largest absolute Gasteiger partial charge is 0.373 e. The molecule has 6 nitrogen and oxygen atoms in total. The Labute approximate surface area is 106 Å². The number of aromatic nitrogens is 4. The minimum atomic E-state index is 0.763. The summed E-state index contributed by atoms with van der Waals surface area (Å²) in [6.45, 7) is 3.71. The van der Waals surface area contributed by atoms with E-state index >= 15 is 0 Å². The van der Waals surface area contributed by atoms with E-state index in [-0.39, 0.29) is 0 Å². The molecule has 0 spiro atoms. The number of nitrogens with zero attached hydrogens (tertiary/aromatic N) is 4. The molecule has 18 heavy (non-hydrogen) atoms. The Balaban J connectivity index is 1.81. The molecule has 2 aromatic rings. The molecule has 0 aliphatic rings. The maximum Gasteiger partial charge on any atom is 0.131 e. The van der Waals surface area contributed by atoms with Gasteiger partial charge in [0.1, 0.15) is 17.5 Å². The zero-order valence-electron chi connectivity index (χ0n) is 10.7. The van der Waals surface area contributed by atoms with Crippen LogP contribution in [0.5, 0.6) is 0 Å². The highest BCUT2D eigenvalue weighted by molar-refractivity contribution is 5.46. The highest BCUT2D eigenvalue weighted by atomic mass is 15.1. The lowest BCUT2D eigenvalue weighted by Crippen LogP contribution is -2.08. The molecular formula is C12H18N6. The van der Waals surface area contributed by atoms with Gasteiger partial charge < -0.3 is 15.2 Å². The number of rotatable bonds is 6. The molecular weight excluding hydrogens is 228 g/mol. The zero-order valence-corrected chi connectivity index (χ0v) is 10.7. The number of hydrogen-bond donors (Lipinski definition) is 2. The Morgan fingerprint density at radius 2 is 2.11 bits per heavy atom. The average molecular weight is 246 g/mol. The molecule has 0 aliphatic carbocycles. The van der Waals surface area contributed by atoms with Crippen molar-refractivity contribution in [1.29, 1.82) is 0 Å². The van der Waals surface area contributed by atoms with Gasteiger partial charge in [-0.25, -0.2) is 15.0 Å². The number of nitrogens with one attached hydrogen (secondary N) is 2. The number of anilines is 2. The standard InChI is InChI=1S/C12H18N6/c1-10-16-11(13-2)8-12(17-10)15-4-3-6-18-7-5-14-9-18/h5,7-9H,3-4,6H2,1-2H3,(H2,13,15,16,17). The molecule has 0 radical (unpaired) electrons. The van der Waals surface area contributed by atoms with Crippen molar-refractivity contribution in [1.82, 2.24) is 19.5 Å². The molecule has 0 aliphatic heterocycles. The van der Waals surface area contributed by atoms with E-state index in [1.807, 2.05) is 32.6 Å². The van der Waals surface area contributed by atoms with Gasteiger partial charge in [-0.15, -0.1) is 0 Å². The first-order valence-corrected chi connectivity index (χ1v) is 6.01. The van der Waals surface area contributed by atoms with Gasteiger partial charge in [-0.3, -0.25) is 0 Å². The van der Waals surface area contributed by atoms with Crippen LogP contribution in [0.1, 0.15) is 12.2 Å². The smallest absolute Gasteiger partial charge is 0.131 e. The van der Waals surface area contributed by atoms with Gasteiger partial charge >= 0.3 is 0 Å². The lowest BCUT2D eigenvalue weighted by atomic mass is 10.4. The first kappa shape index (κ1) is 12.3. The molecule has 0 atom stereocenters. The molecule has 0 saturated heterocycles. The summed E-state index contributed by atoms with van der Waals surface area (Å²) >= 11 is 0. The minimum Gasteiger partial charge on any atom is -0.373 e. The second kappa shape index (κ2) is 6.00. The number of aryl methyl sites for hydroxylation is 2. The lowest BCUT2D eigenvalue weighted by molar-refractivity contribution is 0.660. The molecule has 6 heteroatoms. The first-order valence-electron chi connectivity index (χ1n) is 6.01. The highest BCUT2D eigenvalue weighted by Gasteiger charge is 1.99. The fourth-order valence-corrected chi connectivity index (χ4v) is 1.68. The topological polar surface area (TPSA) is 67.7 Å². The van der Waals surface area contributed by atoms with Crippen molar-refractivity contribution in [2.45, 2.75) is 19.9 Å². The Morgan fingerprint density at radius 1 is 1.28 bits per heavy atom. The molecule has 2 N–H and O–H groups in total. The summed E-state index contributed by atoms with van der Waals surface area (Å²) in [7, 11) is 1.85. The van der Waals surface area contributed by atoms with Crippen LogP contribution < -0.4 is 10.6 Å². The lowest BCUT2D eigenvalue weighted by Gasteiger charge is -2.08. The van der Waals surface area contributed by atoms with Gasteiger partial charge in [0, 0.05) is 38.6 Å². The molecule has 0 saturated carbocycles. The number of imidazole rings is 1. The molecule has 0 aromatic carbocycles. The fraction of sp³-hybridized carbons (Fsp3) is 0.417. The van der Waals surface area contributed by atoms with Crippen molar-refractivity contribution in [3.05, 3.63) is 30.6 Å². The molecule has 0 bridgehead atoms. The zero-order chi connectivity index (χ0) is 12.8. The van der Waals surface area contributed by atoms with Crippen LogP contribution >= 0.6 is 0 Å². The van der Waals surface area contributed by atoms with Gasteiger partial charge in [0.25, 0.3) is 0 Å². The minimum absolute atomic E-state index is 0.763. The maximum atomic E-state index is 4.33. The summed E-state index contributed by atoms with van der Waals surface area (Å²) in [6.07, 6.45) is 6.61. The molecule has 2 rings (SSSR count). The van der Waals surface area contributed by atoms with Gasteiger partial charge in [-0.1, -0.05) is 0 Å². The number of hydrogen-bond acceptors (Lipinski definition) is 5. The van der Waals surface area contributed by atoms with Crippen molar-refractivity contribution < 1.29 is 0 Å². The predicted molar refractivity (Wildman–Crippen MR) is 71.6 cm³/mol. The van der Waals surface area contributed by atoms with Crippen LogP contribution in [0.4, 0.5) is 11.6 Å². The van der Waals surface area contributed by atoms with Crippen molar-refractivity contribution in [3.8, 4) is 0 Å². The van der Waals surface area contributed by atoms with Gasteiger partial charge in [0.2, 0.25) is 0 Å². The molecule has 96 valence electrons. The van der Waals surface area contributed by atoms with Gasteiger partial charge in [-0.2, -0.15) is 0 Å². The van der Waals surface area contributed by atoms with Crippen LogP contribution in [-0.4, -0.2) is 33.1 Å². The van der Waals surface area contributed by atoms with Crippen molar-refractivity contribution in [3.63, 3.8) is 0 Å². The Hall–Kier alpha value is -2.11. The SMILES string of the molecule is CNc1cc(NCCCn2ccnc2)nc(C)n1. The quantitative estimate of drug-likeness (QED) is 0.756. The molecule has 0 fully saturated rings. The Bertz CT molecular complexity index is 479. The van der Waals surface area contributed by atoms with Crippen LogP contribution in [0, 0.1) is 6.92 Å². The molecule has 2 aromatic heterocycles. The van der Waals surface area contributed by atoms with E-state index in [0.717, 1.165) is 37.0 Å². The third-order valence-corrected chi connectivity index (χ3v) is 2.55. The van der Waals surface area contributed by atoms with E-state index in [1.54, 1.807) is 6.20 Å². The van der Waals surface area contributed by atoms with Crippen LogP contribution in [0.25, 0.3) is 0 Å². The van der Waals surface area contributed by atoms with E-state index in [9.17, 15) is 0 Å².